The van der Waals surface area contributed by atoms with Crippen molar-refractivity contribution >= 4 is 5.91 Å². The maximum absolute atomic E-state index is 13.2. The van der Waals surface area contributed by atoms with Gasteiger partial charge in [0.25, 0.3) is 5.91 Å². The molecule has 0 spiro atoms. The Hall–Kier alpha value is -3.33. The van der Waals surface area contributed by atoms with Crippen LogP contribution in [0.5, 0.6) is 5.75 Å². The van der Waals surface area contributed by atoms with Crippen LogP contribution >= 0.6 is 0 Å². The monoisotopic (exact) mass is 498 g/mol. The molecule has 0 radical (unpaired) electrons. The Kier molecular flexibility index (Phi) is 6.75. The zero-order chi connectivity index (χ0) is 25.3. The Bertz CT molecular complexity index is 1230. The zero-order valence-electron chi connectivity index (χ0n) is 20.1. The molecule has 2 fully saturated rings. The van der Waals surface area contributed by atoms with Gasteiger partial charge in [0.2, 0.25) is 0 Å². The first kappa shape index (κ1) is 24.4. The van der Waals surface area contributed by atoms with Crippen LogP contribution in [0.1, 0.15) is 58.8 Å². The first-order valence-electron chi connectivity index (χ1n) is 12.2. The van der Waals surface area contributed by atoms with E-state index in [2.05, 4.69) is 21.4 Å². The van der Waals surface area contributed by atoms with Gasteiger partial charge in [-0.15, -0.1) is 0 Å². The van der Waals surface area contributed by atoms with E-state index in [-0.39, 0.29) is 17.9 Å². The third kappa shape index (κ3) is 5.41. The average molecular weight is 499 g/mol. The maximum Gasteiger partial charge on any atom is 0.416 e. The predicted octanol–water partition coefficient (Wildman–Crippen LogP) is 5.17. The number of nitrogens with one attached hydrogen (secondary N) is 1. The highest BCUT2D eigenvalue weighted by molar-refractivity contribution is 5.95. The van der Waals surface area contributed by atoms with Crippen molar-refractivity contribution in [1.29, 1.82) is 0 Å². The second-order valence-electron chi connectivity index (χ2n) is 9.55. The molecule has 3 aromatic rings. The van der Waals surface area contributed by atoms with Gasteiger partial charge in [0.15, 0.2) is 0 Å². The van der Waals surface area contributed by atoms with E-state index in [1.54, 1.807) is 13.2 Å². The van der Waals surface area contributed by atoms with Crippen molar-refractivity contribution in [3.8, 4) is 11.4 Å². The molecule has 1 amide bonds. The number of halogens is 3. The van der Waals surface area contributed by atoms with Crippen molar-refractivity contribution in [1.82, 2.24) is 20.0 Å². The average Bonchev–Trinajstić information content (AvgIpc) is 3.62. The van der Waals surface area contributed by atoms with E-state index in [1.165, 1.54) is 22.5 Å². The highest BCUT2D eigenvalue weighted by Gasteiger charge is 2.35. The number of hydrogen-bond acceptors (Lipinski definition) is 4. The van der Waals surface area contributed by atoms with Crippen molar-refractivity contribution in [2.45, 2.75) is 50.4 Å². The predicted molar refractivity (Wildman–Crippen MR) is 129 cm³/mol. The van der Waals surface area contributed by atoms with Gasteiger partial charge < -0.3 is 10.1 Å². The van der Waals surface area contributed by atoms with Crippen LogP contribution in [0.25, 0.3) is 5.69 Å². The molecule has 190 valence electrons. The Morgan fingerprint density at radius 3 is 2.53 bits per heavy atom. The molecule has 36 heavy (non-hydrogen) atoms. The topological polar surface area (TPSA) is 59.4 Å². The number of amides is 1. The Morgan fingerprint density at radius 2 is 1.83 bits per heavy atom. The molecule has 0 bridgehead atoms. The molecule has 0 atom stereocenters. The standard InChI is InChI=1S/C27H29F3N4O2/c1-36-23-7-2-4-18(14-23)17-33-12-10-21(11-13-33)32-26(35)24-16-31-34(25(24)19-8-9-19)22-6-3-5-20(15-22)27(28,29)30/h2-7,14-16,19,21H,8-13,17H2,1H3,(H,32,35). The fourth-order valence-electron chi connectivity index (χ4n) is 4.83. The van der Waals surface area contributed by atoms with Crippen LogP contribution in [0.15, 0.2) is 54.7 Å². The lowest BCUT2D eigenvalue weighted by Gasteiger charge is -2.32. The van der Waals surface area contributed by atoms with E-state index in [4.69, 9.17) is 4.74 Å². The lowest BCUT2D eigenvalue weighted by atomic mass is 10.0. The van der Waals surface area contributed by atoms with E-state index >= 15 is 0 Å². The Labute approximate surface area is 208 Å². The molecule has 9 heteroatoms. The SMILES string of the molecule is COc1cccc(CN2CCC(NC(=O)c3cnn(-c4cccc(C(F)(F)F)c4)c3C3CC3)CC2)c1. The summed E-state index contributed by atoms with van der Waals surface area (Å²) in [6.07, 6.45) is 0.499. The summed E-state index contributed by atoms with van der Waals surface area (Å²) >= 11 is 0. The van der Waals surface area contributed by atoms with Gasteiger partial charge in [-0.3, -0.25) is 9.69 Å². The third-order valence-corrected chi connectivity index (χ3v) is 6.90. The van der Waals surface area contributed by atoms with Gasteiger partial charge in [-0.25, -0.2) is 4.68 Å². The number of nitrogens with zero attached hydrogens (tertiary/aromatic N) is 3. The number of carbonyl (C=O) groups excluding carboxylic acids is 1. The van der Waals surface area contributed by atoms with Crippen molar-refractivity contribution in [2.75, 3.05) is 20.2 Å². The molecule has 1 aliphatic carbocycles. The molecule has 2 aliphatic rings. The Balaban J connectivity index is 1.24. The lowest BCUT2D eigenvalue weighted by Crippen LogP contribution is -2.44. The Morgan fingerprint density at radius 1 is 1.08 bits per heavy atom. The van der Waals surface area contributed by atoms with E-state index in [9.17, 15) is 18.0 Å². The van der Waals surface area contributed by atoms with Crippen LogP contribution in [-0.4, -0.2) is 46.8 Å². The van der Waals surface area contributed by atoms with E-state index < -0.39 is 11.7 Å². The van der Waals surface area contributed by atoms with Crippen LogP contribution in [0, 0.1) is 0 Å². The largest absolute Gasteiger partial charge is 0.497 e. The lowest BCUT2D eigenvalue weighted by molar-refractivity contribution is -0.137. The second kappa shape index (κ2) is 9.97. The van der Waals surface area contributed by atoms with Crippen molar-refractivity contribution in [2.24, 2.45) is 0 Å². The van der Waals surface area contributed by atoms with Crippen LogP contribution < -0.4 is 10.1 Å². The number of ether oxygens (including phenoxy) is 1. The molecule has 1 aliphatic heterocycles. The summed E-state index contributed by atoms with van der Waals surface area (Å²) < 4.78 is 46.5. The summed E-state index contributed by atoms with van der Waals surface area (Å²) in [6, 6.07) is 13.2. The summed E-state index contributed by atoms with van der Waals surface area (Å²) in [7, 11) is 1.66. The molecule has 1 aromatic heterocycles. The first-order valence-corrected chi connectivity index (χ1v) is 12.2. The fourth-order valence-corrected chi connectivity index (χ4v) is 4.83. The van der Waals surface area contributed by atoms with Gasteiger partial charge in [0, 0.05) is 31.6 Å². The molecular weight excluding hydrogens is 469 g/mol. The number of piperidine rings is 1. The minimum absolute atomic E-state index is 0.0445. The van der Waals surface area contributed by atoms with Crippen molar-refractivity contribution in [3.05, 3.63) is 77.1 Å². The first-order chi connectivity index (χ1) is 17.3. The summed E-state index contributed by atoms with van der Waals surface area (Å²) in [5.41, 5.74) is 1.92. The number of likely N-dealkylation sites (tertiary alicyclic amines) is 1. The number of carbonyl (C=O) groups is 1. The summed E-state index contributed by atoms with van der Waals surface area (Å²) in [6.45, 7) is 2.55. The van der Waals surface area contributed by atoms with Crippen LogP contribution in [-0.2, 0) is 12.7 Å². The molecule has 1 saturated carbocycles. The smallest absolute Gasteiger partial charge is 0.416 e. The van der Waals surface area contributed by atoms with Gasteiger partial charge in [-0.2, -0.15) is 18.3 Å². The van der Waals surface area contributed by atoms with Crippen molar-refractivity contribution in [3.63, 3.8) is 0 Å². The molecule has 6 nitrogen and oxygen atoms in total. The number of hydrogen-bond donors (Lipinski definition) is 1. The van der Waals surface area contributed by atoms with Crippen LogP contribution in [0.2, 0.25) is 0 Å². The van der Waals surface area contributed by atoms with Gasteiger partial charge in [0.1, 0.15) is 5.75 Å². The quantitative estimate of drug-likeness (QED) is 0.488. The normalized spacial score (nSPS) is 17.2. The highest BCUT2D eigenvalue weighted by Crippen LogP contribution is 2.43. The van der Waals surface area contributed by atoms with Gasteiger partial charge >= 0.3 is 6.18 Å². The molecule has 2 aromatic carbocycles. The fraction of sp³-hybridized carbons (Fsp3) is 0.407. The summed E-state index contributed by atoms with van der Waals surface area (Å²) in [5, 5.41) is 7.47. The van der Waals surface area contributed by atoms with Crippen molar-refractivity contribution < 1.29 is 22.7 Å². The highest BCUT2D eigenvalue weighted by atomic mass is 19.4. The number of benzene rings is 2. The number of rotatable bonds is 7. The number of alkyl halides is 3. The molecule has 5 rings (SSSR count). The molecule has 1 N–H and O–H groups in total. The molecular formula is C27H29F3N4O2. The molecule has 2 heterocycles. The van der Waals surface area contributed by atoms with Gasteiger partial charge in [0.05, 0.1) is 35.8 Å². The minimum atomic E-state index is -4.44. The number of aromatic nitrogens is 2. The maximum atomic E-state index is 13.2. The van der Waals surface area contributed by atoms with E-state index in [0.717, 1.165) is 63.2 Å². The third-order valence-electron chi connectivity index (χ3n) is 6.90. The van der Waals surface area contributed by atoms with Gasteiger partial charge in [-0.1, -0.05) is 18.2 Å². The minimum Gasteiger partial charge on any atom is -0.497 e. The van der Waals surface area contributed by atoms with E-state index in [0.29, 0.717) is 16.9 Å². The zero-order valence-corrected chi connectivity index (χ0v) is 20.1. The molecule has 0 unspecified atom stereocenters. The summed E-state index contributed by atoms with van der Waals surface area (Å²) in [4.78, 5) is 15.6. The summed E-state index contributed by atoms with van der Waals surface area (Å²) in [5.74, 6) is 0.765. The van der Waals surface area contributed by atoms with Gasteiger partial charge in [-0.05, 0) is 61.6 Å². The van der Waals surface area contributed by atoms with E-state index in [1.807, 2.05) is 18.2 Å². The molecule has 1 saturated heterocycles. The second-order valence-corrected chi connectivity index (χ2v) is 9.55. The number of methoxy groups -OCH3 is 1. The van der Waals surface area contributed by atoms with Crippen LogP contribution in [0.3, 0.4) is 0 Å². The van der Waals surface area contributed by atoms with Crippen LogP contribution in [0.4, 0.5) is 13.2 Å².